The largest absolute Gasteiger partial charge is 0.349 e. The van der Waals surface area contributed by atoms with Crippen molar-refractivity contribution in [3.63, 3.8) is 0 Å². The Kier molecular flexibility index (Phi) is 4.18. The first-order chi connectivity index (χ1) is 13.8. The predicted octanol–water partition coefficient (Wildman–Crippen LogP) is 0.0347. The zero-order chi connectivity index (χ0) is 20.8. The van der Waals surface area contributed by atoms with Crippen LogP contribution in [0.1, 0.15) is 21.7 Å². The van der Waals surface area contributed by atoms with Crippen molar-refractivity contribution >= 4 is 28.7 Å². The van der Waals surface area contributed by atoms with Crippen molar-refractivity contribution in [1.82, 2.24) is 30.5 Å². The van der Waals surface area contributed by atoms with E-state index in [4.69, 9.17) is 0 Å². The third-order valence-corrected chi connectivity index (χ3v) is 4.97. The van der Waals surface area contributed by atoms with Gasteiger partial charge in [-0.25, -0.2) is 9.78 Å². The van der Waals surface area contributed by atoms with Crippen molar-refractivity contribution in [2.45, 2.75) is 12.5 Å². The standard InChI is InChI=1S/C19H18N6O4/c1-10-7-14(26)22-13-8-11(3-4-12(10)13)15(27)21-9-19(16-20-5-6-25(16)2)17(28)23-18(29)24-19/h3-8H,9H2,1-2H3,(H,21,27)(H,22,26)(H2,23,24,28,29). The molecule has 0 spiro atoms. The number of pyridine rings is 1. The lowest BCUT2D eigenvalue weighted by atomic mass is 9.98. The number of amides is 4. The average molecular weight is 394 g/mol. The minimum atomic E-state index is -1.52. The molecule has 1 saturated heterocycles. The van der Waals surface area contributed by atoms with Gasteiger partial charge in [-0.15, -0.1) is 0 Å². The SMILES string of the molecule is Cc1cc(=O)[nH]c2cc(C(=O)NCC3(c4nccn4C)NC(=O)NC3=O)ccc12. The summed E-state index contributed by atoms with van der Waals surface area (Å²) in [5.41, 5.74) is -0.138. The third-order valence-electron chi connectivity index (χ3n) is 4.97. The minimum Gasteiger partial charge on any atom is -0.349 e. The van der Waals surface area contributed by atoms with Gasteiger partial charge in [-0.05, 0) is 24.6 Å². The van der Waals surface area contributed by atoms with Gasteiger partial charge in [0.05, 0.1) is 6.54 Å². The molecule has 1 aromatic carbocycles. The Morgan fingerprint density at radius 1 is 1.24 bits per heavy atom. The van der Waals surface area contributed by atoms with E-state index in [9.17, 15) is 19.2 Å². The average Bonchev–Trinajstić information content (AvgIpc) is 3.22. The van der Waals surface area contributed by atoms with E-state index in [1.165, 1.54) is 12.3 Å². The van der Waals surface area contributed by atoms with Crippen LogP contribution in [0.15, 0.2) is 41.5 Å². The maximum atomic E-state index is 12.7. The van der Waals surface area contributed by atoms with Crippen molar-refractivity contribution < 1.29 is 14.4 Å². The summed E-state index contributed by atoms with van der Waals surface area (Å²) in [6.07, 6.45) is 3.14. The second-order valence-electron chi connectivity index (χ2n) is 6.93. The van der Waals surface area contributed by atoms with E-state index in [0.717, 1.165) is 10.9 Å². The highest BCUT2D eigenvalue weighted by molar-refractivity contribution is 6.07. The van der Waals surface area contributed by atoms with Crippen LogP contribution in [0.2, 0.25) is 0 Å². The Morgan fingerprint density at radius 3 is 2.69 bits per heavy atom. The van der Waals surface area contributed by atoms with E-state index in [1.54, 1.807) is 36.0 Å². The fourth-order valence-electron chi connectivity index (χ4n) is 3.52. The molecule has 2 aromatic heterocycles. The number of nitrogens with zero attached hydrogens (tertiary/aromatic N) is 2. The highest BCUT2D eigenvalue weighted by atomic mass is 16.2. The van der Waals surface area contributed by atoms with Crippen molar-refractivity contribution in [3.8, 4) is 0 Å². The second kappa shape index (κ2) is 6.59. The van der Waals surface area contributed by atoms with Gasteiger partial charge >= 0.3 is 6.03 Å². The highest BCUT2D eigenvalue weighted by Crippen LogP contribution is 2.23. The van der Waals surface area contributed by atoms with Gasteiger partial charge in [-0.1, -0.05) is 6.07 Å². The topological polar surface area (TPSA) is 138 Å². The van der Waals surface area contributed by atoms with Crippen LogP contribution < -0.4 is 21.5 Å². The van der Waals surface area contributed by atoms with Gasteiger partial charge in [0.1, 0.15) is 5.82 Å². The molecule has 4 rings (SSSR count). The quantitative estimate of drug-likeness (QED) is 0.463. The lowest BCUT2D eigenvalue weighted by Crippen LogP contribution is -2.54. The number of H-pyrrole nitrogens is 1. The number of urea groups is 1. The van der Waals surface area contributed by atoms with Crippen LogP contribution in [0, 0.1) is 6.92 Å². The fraction of sp³-hybridized carbons (Fsp3) is 0.211. The second-order valence-corrected chi connectivity index (χ2v) is 6.93. The van der Waals surface area contributed by atoms with Gasteiger partial charge in [-0.2, -0.15) is 0 Å². The maximum Gasteiger partial charge on any atom is 0.322 e. The van der Waals surface area contributed by atoms with Crippen LogP contribution in [-0.4, -0.2) is 38.9 Å². The summed E-state index contributed by atoms with van der Waals surface area (Å²) >= 11 is 0. The summed E-state index contributed by atoms with van der Waals surface area (Å²) in [7, 11) is 1.69. The number of rotatable bonds is 4. The van der Waals surface area contributed by atoms with Crippen LogP contribution in [0.4, 0.5) is 4.79 Å². The number of hydrogen-bond donors (Lipinski definition) is 4. The molecule has 0 radical (unpaired) electrons. The molecule has 29 heavy (non-hydrogen) atoms. The van der Waals surface area contributed by atoms with Gasteiger partial charge in [-0.3, -0.25) is 19.7 Å². The summed E-state index contributed by atoms with van der Waals surface area (Å²) in [5.74, 6) is -0.771. The summed E-state index contributed by atoms with van der Waals surface area (Å²) in [6, 6.07) is 5.77. The monoisotopic (exact) mass is 394 g/mol. The first-order valence-electron chi connectivity index (χ1n) is 8.83. The predicted molar refractivity (Wildman–Crippen MR) is 103 cm³/mol. The molecule has 4 N–H and O–H groups in total. The molecule has 1 aliphatic heterocycles. The van der Waals surface area contributed by atoms with E-state index < -0.39 is 23.4 Å². The van der Waals surface area contributed by atoms with Crippen molar-refractivity contribution in [2.24, 2.45) is 7.05 Å². The number of carbonyl (C=O) groups is 3. The zero-order valence-corrected chi connectivity index (χ0v) is 15.7. The Morgan fingerprint density at radius 2 is 2.03 bits per heavy atom. The van der Waals surface area contributed by atoms with Gasteiger partial charge < -0.3 is 20.2 Å². The summed E-state index contributed by atoms with van der Waals surface area (Å²) in [4.78, 5) is 55.6. The number of hydrogen-bond acceptors (Lipinski definition) is 5. The molecular formula is C19H18N6O4. The van der Waals surface area contributed by atoms with Crippen LogP contribution in [-0.2, 0) is 17.4 Å². The van der Waals surface area contributed by atoms with Crippen molar-refractivity contribution in [1.29, 1.82) is 0 Å². The van der Waals surface area contributed by atoms with E-state index in [2.05, 4.69) is 25.9 Å². The maximum absolute atomic E-state index is 12.7. The molecule has 1 fully saturated rings. The van der Waals surface area contributed by atoms with Gasteiger partial charge in [0, 0.05) is 42.0 Å². The van der Waals surface area contributed by atoms with Crippen LogP contribution in [0.25, 0.3) is 10.9 Å². The number of aryl methyl sites for hydroxylation is 2. The molecule has 10 heteroatoms. The summed E-state index contributed by atoms with van der Waals surface area (Å²) in [6.45, 7) is 1.62. The lowest BCUT2D eigenvalue weighted by Gasteiger charge is -2.25. The van der Waals surface area contributed by atoms with Crippen molar-refractivity contribution in [2.75, 3.05) is 6.54 Å². The first kappa shape index (κ1) is 18.4. The summed E-state index contributed by atoms with van der Waals surface area (Å²) in [5, 5.41) is 8.27. The molecule has 1 atom stereocenters. The van der Waals surface area contributed by atoms with Gasteiger partial charge in [0.2, 0.25) is 5.56 Å². The smallest absolute Gasteiger partial charge is 0.322 e. The molecule has 1 unspecified atom stereocenters. The number of aromatic amines is 1. The zero-order valence-electron chi connectivity index (χ0n) is 15.7. The van der Waals surface area contributed by atoms with Crippen LogP contribution in [0.3, 0.4) is 0 Å². The molecule has 10 nitrogen and oxygen atoms in total. The molecule has 3 heterocycles. The minimum absolute atomic E-state index is 0.198. The molecule has 0 aliphatic carbocycles. The number of nitrogens with one attached hydrogen (secondary N) is 4. The Bertz CT molecular complexity index is 1230. The van der Waals surface area contributed by atoms with Crippen LogP contribution in [0.5, 0.6) is 0 Å². The molecule has 0 saturated carbocycles. The van der Waals surface area contributed by atoms with E-state index in [0.29, 0.717) is 16.9 Å². The number of aromatic nitrogens is 3. The number of imide groups is 1. The number of carbonyl (C=O) groups excluding carboxylic acids is 3. The molecule has 148 valence electrons. The molecule has 3 aromatic rings. The molecular weight excluding hydrogens is 376 g/mol. The van der Waals surface area contributed by atoms with E-state index in [-0.39, 0.29) is 12.1 Å². The molecule has 4 amide bonds. The number of benzene rings is 1. The normalized spacial score (nSPS) is 18.6. The Labute approximate surface area is 164 Å². The molecule has 1 aliphatic rings. The fourth-order valence-corrected chi connectivity index (χ4v) is 3.52. The van der Waals surface area contributed by atoms with Crippen LogP contribution >= 0.6 is 0 Å². The first-order valence-corrected chi connectivity index (χ1v) is 8.83. The highest BCUT2D eigenvalue weighted by Gasteiger charge is 2.50. The Balaban J connectivity index is 1.63. The molecule has 0 bridgehead atoms. The van der Waals surface area contributed by atoms with Crippen molar-refractivity contribution in [3.05, 3.63) is 64.0 Å². The van der Waals surface area contributed by atoms with E-state index >= 15 is 0 Å². The number of imidazole rings is 1. The summed E-state index contributed by atoms with van der Waals surface area (Å²) < 4.78 is 1.60. The lowest BCUT2D eigenvalue weighted by molar-refractivity contribution is -0.124. The van der Waals surface area contributed by atoms with E-state index in [1.807, 2.05) is 6.92 Å². The van der Waals surface area contributed by atoms with Gasteiger partial charge in [0.15, 0.2) is 5.54 Å². The van der Waals surface area contributed by atoms with Gasteiger partial charge in [0.25, 0.3) is 11.8 Å². The third kappa shape index (κ3) is 3.04. The Hall–Kier alpha value is -3.95. The number of fused-ring (bicyclic) bond motifs is 1.